The predicted octanol–water partition coefficient (Wildman–Crippen LogP) is 10.3. The summed E-state index contributed by atoms with van der Waals surface area (Å²) in [7, 11) is 0. The molecule has 0 saturated carbocycles. The lowest BCUT2D eigenvalue weighted by molar-refractivity contribution is 0.277. The maximum Gasteiger partial charge on any atom is 0.180 e. The molecule has 50 heavy (non-hydrogen) atoms. The molecule has 0 N–H and O–H groups in total. The van der Waals surface area contributed by atoms with E-state index in [1.54, 1.807) is 0 Å². The minimum absolute atomic E-state index is 0.0183. The standard InChI is InChI=1S/C44H28N4O2/c1-4-13-27(14-5-1)35-26-36(46-43(45-35)29-17-8-3-9-18-29)30-23-24-31-32-20-12-21-34(41(32)50-38(31)25-30)44-47-39(28-15-6-2-7-16-28)42-40(48-44)33-19-10-11-22-37(33)49-42/h1-26,32,41H. The topological polar surface area (TPSA) is 73.9 Å². The van der Waals surface area contributed by atoms with Crippen LogP contribution in [-0.2, 0) is 0 Å². The molecule has 2 aliphatic rings. The lowest BCUT2D eigenvalue weighted by Crippen LogP contribution is -2.22. The van der Waals surface area contributed by atoms with Crippen LogP contribution in [0, 0.1) is 0 Å². The third-order valence-electron chi connectivity index (χ3n) is 9.50. The van der Waals surface area contributed by atoms with Gasteiger partial charge in [-0.3, -0.25) is 0 Å². The van der Waals surface area contributed by atoms with Gasteiger partial charge in [0, 0.05) is 44.7 Å². The van der Waals surface area contributed by atoms with E-state index in [0.717, 1.165) is 72.7 Å². The van der Waals surface area contributed by atoms with E-state index in [9.17, 15) is 0 Å². The molecule has 10 rings (SSSR count). The zero-order valence-corrected chi connectivity index (χ0v) is 26.8. The summed E-state index contributed by atoms with van der Waals surface area (Å²) in [5, 5.41) is 0.960. The molecule has 0 saturated heterocycles. The Kier molecular flexibility index (Phi) is 6.52. The average Bonchev–Trinajstić information content (AvgIpc) is 3.76. The third kappa shape index (κ3) is 4.72. The fraction of sp³-hybridized carbons (Fsp3) is 0.0455. The van der Waals surface area contributed by atoms with Crippen LogP contribution in [0.25, 0.3) is 72.8 Å². The molecule has 4 heterocycles. The molecule has 5 aromatic carbocycles. The molecule has 0 radical (unpaired) electrons. The summed E-state index contributed by atoms with van der Waals surface area (Å²) >= 11 is 0. The first-order valence-corrected chi connectivity index (χ1v) is 16.7. The molecule has 1 aliphatic heterocycles. The first-order valence-electron chi connectivity index (χ1n) is 16.7. The Balaban J connectivity index is 1.06. The first kappa shape index (κ1) is 28.4. The Bertz CT molecular complexity index is 2570. The molecule has 8 aromatic rings. The molecule has 2 atom stereocenters. The number of hydrogen-bond donors (Lipinski definition) is 0. The van der Waals surface area contributed by atoms with Gasteiger partial charge in [0.25, 0.3) is 0 Å². The molecule has 6 heteroatoms. The fourth-order valence-corrected chi connectivity index (χ4v) is 7.06. The lowest BCUT2D eigenvalue weighted by atomic mass is 9.86. The van der Waals surface area contributed by atoms with Crippen molar-refractivity contribution in [2.24, 2.45) is 0 Å². The Hall–Kier alpha value is -6.66. The van der Waals surface area contributed by atoms with Crippen molar-refractivity contribution < 1.29 is 9.15 Å². The number of rotatable bonds is 5. The maximum absolute atomic E-state index is 6.83. The minimum Gasteiger partial charge on any atom is -0.484 e. The number of aromatic nitrogens is 4. The Morgan fingerprint density at radius 3 is 2.00 bits per heavy atom. The van der Waals surface area contributed by atoms with E-state index in [1.807, 2.05) is 91.0 Å². The normalized spacial score (nSPS) is 16.2. The number of hydrogen-bond acceptors (Lipinski definition) is 6. The van der Waals surface area contributed by atoms with Crippen molar-refractivity contribution in [2.45, 2.75) is 12.0 Å². The summed E-state index contributed by atoms with van der Waals surface area (Å²) in [5.74, 6) is 2.16. The van der Waals surface area contributed by atoms with Crippen LogP contribution in [0.4, 0.5) is 0 Å². The summed E-state index contributed by atoms with van der Waals surface area (Å²) in [5.41, 5.74) is 10.7. The van der Waals surface area contributed by atoms with Gasteiger partial charge in [-0.25, -0.2) is 19.9 Å². The highest BCUT2D eigenvalue weighted by atomic mass is 16.5. The van der Waals surface area contributed by atoms with E-state index in [1.165, 1.54) is 0 Å². The van der Waals surface area contributed by atoms with Crippen LogP contribution < -0.4 is 4.74 Å². The minimum atomic E-state index is -0.283. The monoisotopic (exact) mass is 644 g/mol. The summed E-state index contributed by atoms with van der Waals surface area (Å²) in [4.78, 5) is 20.3. The highest BCUT2D eigenvalue weighted by Crippen LogP contribution is 2.47. The van der Waals surface area contributed by atoms with Crippen molar-refractivity contribution in [3.05, 3.63) is 169 Å². The highest BCUT2D eigenvalue weighted by molar-refractivity contribution is 6.06. The van der Waals surface area contributed by atoms with Gasteiger partial charge in [0.05, 0.1) is 11.4 Å². The van der Waals surface area contributed by atoms with E-state index >= 15 is 0 Å². The van der Waals surface area contributed by atoms with E-state index in [2.05, 4.69) is 66.8 Å². The van der Waals surface area contributed by atoms with Crippen LogP contribution in [-0.4, -0.2) is 26.0 Å². The molecule has 0 bridgehead atoms. The van der Waals surface area contributed by atoms with Crippen LogP contribution in [0.15, 0.2) is 162 Å². The summed E-state index contributed by atoms with van der Waals surface area (Å²) < 4.78 is 13.2. The third-order valence-corrected chi connectivity index (χ3v) is 9.50. The van der Waals surface area contributed by atoms with Crippen LogP contribution in [0.3, 0.4) is 0 Å². The van der Waals surface area contributed by atoms with Gasteiger partial charge in [-0.1, -0.05) is 133 Å². The fourth-order valence-electron chi connectivity index (χ4n) is 7.06. The second-order valence-electron chi connectivity index (χ2n) is 12.6. The quantitative estimate of drug-likeness (QED) is 0.186. The Morgan fingerprint density at radius 2 is 1.22 bits per heavy atom. The van der Waals surface area contributed by atoms with E-state index in [0.29, 0.717) is 17.2 Å². The van der Waals surface area contributed by atoms with Crippen LogP contribution in [0.1, 0.15) is 17.3 Å². The number of allylic oxidation sites excluding steroid dienone is 2. The van der Waals surface area contributed by atoms with E-state index in [-0.39, 0.29) is 12.0 Å². The second-order valence-corrected chi connectivity index (χ2v) is 12.6. The molecule has 0 spiro atoms. The predicted molar refractivity (Wildman–Crippen MR) is 197 cm³/mol. The zero-order valence-electron chi connectivity index (χ0n) is 26.8. The number of ether oxygens (including phenoxy) is 1. The number of nitrogens with zero attached hydrogens (tertiary/aromatic N) is 4. The molecule has 6 nitrogen and oxygen atoms in total. The van der Waals surface area contributed by atoms with Crippen molar-refractivity contribution in [3.8, 4) is 50.9 Å². The van der Waals surface area contributed by atoms with Crippen LogP contribution in [0.2, 0.25) is 0 Å². The number of benzene rings is 5. The van der Waals surface area contributed by atoms with Gasteiger partial charge in [0.15, 0.2) is 17.2 Å². The molecular formula is C44H28N4O2. The van der Waals surface area contributed by atoms with Crippen molar-refractivity contribution in [1.29, 1.82) is 0 Å². The molecule has 0 fully saturated rings. The maximum atomic E-state index is 6.83. The van der Waals surface area contributed by atoms with Crippen molar-refractivity contribution in [3.63, 3.8) is 0 Å². The van der Waals surface area contributed by atoms with E-state index < -0.39 is 0 Å². The van der Waals surface area contributed by atoms with Crippen molar-refractivity contribution >= 4 is 27.6 Å². The molecule has 2 unspecified atom stereocenters. The van der Waals surface area contributed by atoms with Gasteiger partial charge in [-0.15, -0.1) is 0 Å². The van der Waals surface area contributed by atoms with Gasteiger partial charge < -0.3 is 9.15 Å². The van der Waals surface area contributed by atoms with Gasteiger partial charge >= 0.3 is 0 Å². The summed E-state index contributed by atoms with van der Waals surface area (Å²) in [6, 6.07) is 47.0. The molecular weight excluding hydrogens is 617 g/mol. The number of furan rings is 1. The zero-order chi connectivity index (χ0) is 33.0. The number of fused-ring (bicyclic) bond motifs is 6. The Morgan fingerprint density at radius 1 is 0.540 bits per heavy atom. The highest BCUT2D eigenvalue weighted by Gasteiger charge is 2.39. The van der Waals surface area contributed by atoms with Crippen LogP contribution in [0.5, 0.6) is 5.75 Å². The second kappa shape index (κ2) is 11.5. The lowest BCUT2D eigenvalue weighted by Gasteiger charge is -2.22. The van der Waals surface area contributed by atoms with Gasteiger partial charge in [0.1, 0.15) is 28.6 Å². The number of para-hydroxylation sites is 1. The van der Waals surface area contributed by atoms with Crippen LogP contribution >= 0.6 is 0 Å². The smallest absolute Gasteiger partial charge is 0.180 e. The molecule has 3 aromatic heterocycles. The van der Waals surface area contributed by atoms with E-state index in [4.69, 9.17) is 29.1 Å². The molecule has 0 amide bonds. The summed E-state index contributed by atoms with van der Waals surface area (Å²) in [6.45, 7) is 0. The average molecular weight is 645 g/mol. The van der Waals surface area contributed by atoms with Crippen molar-refractivity contribution in [1.82, 2.24) is 19.9 Å². The largest absolute Gasteiger partial charge is 0.484 e. The van der Waals surface area contributed by atoms with Gasteiger partial charge in [-0.2, -0.15) is 0 Å². The van der Waals surface area contributed by atoms with Gasteiger partial charge in [0.2, 0.25) is 0 Å². The first-order chi connectivity index (χ1) is 24.8. The summed E-state index contributed by atoms with van der Waals surface area (Å²) in [6.07, 6.45) is 6.09. The molecule has 1 aliphatic carbocycles. The van der Waals surface area contributed by atoms with Crippen molar-refractivity contribution in [2.75, 3.05) is 0 Å². The van der Waals surface area contributed by atoms with Gasteiger partial charge in [-0.05, 0) is 24.3 Å². The Labute approximate surface area is 288 Å². The SMILES string of the molecule is C1=CC2c3ccc(-c4cc(-c5ccccc5)nc(-c5ccccc5)n4)cc3OC2C(c2nc(-c3ccccc3)c3oc4ccccc4c3n2)=C1. The molecule has 236 valence electrons.